The van der Waals surface area contributed by atoms with Crippen LogP contribution in [0.2, 0.25) is 0 Å². The van der Waals surface area contributed by atoms with Crippen LogP contribution in [0.5, 0.6) is 0 Å². The Balaban J connectivity index is 1.34. The molecule has 0 bridgehead atoms. The van der Waals surface area contributed by atoms with Crippen molar-refractivity contribution in [2.75, 3.05) is 19.7 Å². The molecule has 1 aliphatic heterocycles. The first-order valence-corrected chi connectivity index (χ1v) is 10.9. The molecule has 2 aromatic carbocycles. The SMILES string of the molecule is CC(C)(CC(=O)N1CCC(C(=O)O)C1)NC(=O)OCC1c2ccccc2-c2ccccc21. The van der Waals surface area contributed by atoms with E-state index in [1.54, 1.807) is 18.7 Å². The van der Waals surface area contributed by atoms with E-state index in [9.17, 15) is 14.4 Å². The van der Waals surface area contributed by atoms with E-state index < -0.39 is 23.5 Å². The number of hydrogen-bond donors (Lipinski definition) is 2. The zero-order valence-electron chi connectivity index (χ0n) is 18.3. The van der Waals surface area contributed by atoms with Crippen molar-refractivity contribution < 1.29 is 24.2 Å². The maximum atomic E-state index is 12.6. The molecule has 1 saturated heterocycles. The maximum absolute atomic E-state index is 12.6. The number of nitrogens with zero attached hydrogens (tertiary/aromatic N) is 1. The van der Waals surface area contributed by atoms with Gasteiger partial charge >= 0.3 is 12.1 Å². The summed E-state index contributed by atoms with van der Waals surface area (Å²) in [6.07, 6.45) is -0.0420. The van der Waals surface area contributed by atoms with Gasteiger partial charge in [-0.05, 0) is 42.5 Å². The molecule has 1 fully saturated rings. The number of amides is 2. The van der Waals surface area contributed by atoms with Crippen molar-refractivity contribution in [2.24, 2.45) is 5.92 Å². The van der Waals surface area contributed by atoms with Gasteiger partial charge in [-0.3, -0.25) is 9.59 Å². The zero-order chi connectivity index (χ0) is 22.9. The zero-order valence-corrected chi connectivity index (χ0v) is 18.3. The minimum Gasteiger partial charge on any atom is -0.481 e. The molecule has 1 unspecified atom stereocenters. The summed E-state index contributed by atoms with van der Waals surface area (Å²) in [4.78, 5) is 37.8. The molecule has 2 aromatic rings. The number of hydrogen-bond acceptors (Lipinski definition) is 4. The average molecular weight is 437 g/mol. The lowest BCUT2D eigenvalue weighted by Crippen LogP contribution is -2.47. The number of alkyl carbamates (subject to hydrolysis) is 1. The Morgan fingerprint density at radius 1 is 1.06 bits per heavy atom. The minimum atomic E-state index is -0.878. The summed E-state index contributed by atoms with van der Waals surface area (Å²) < 4.78 is 5.58. The fourth-order valence-electron chi connectivity index (χ4n) is 4.63. The molecule has 2 aliphatic rings. The Morgan fingerprint density at radius 2 is 1.66 bits per heavy atom. The van der Waals surface area contributed by atoms with Gasteiger partial charge in [0.25, 0.3) is 0 Å². The molecule has 2 N–H and O–H groups in total. The van der Waals surface area contributed by atoms with Gasteiger partial charge in [-0.15, -0.1) is 0 Å². The van der Waals surface area contributed by atoms with Crippen molar-refractivity contribution in [3.8, 4) is 11.1 Å². The summed E-state index contributed by atoms with van der Waals surface area (Å²) in [6.45, 7) is 4.37. The number of aliphatic carboxylic acids is 1. The molecule has 168 valence electrons. The summed E-state index contributed by atoms with van der Waals surface area (Å²) in [5.41, 5.74) is 3.78. The third kappa shape index (κ3) is 4.47. The van der Waals surface area contributed by atoms with Crippen molar-refractivity contribution in [3.05, 3.63) is 59.7 Å². The summed E-state index contributed by atoms with van der Waals surface area (Å²) in [6, 6.07) is 16.3. The van der Waals surface area contributed by atoms with Crippen LogP contribution in [0.15, 0.2) is 48.5 Å². The maximum Gasteiger partial charge on any atom is 0.407 e. The summed E-state index contributed by atoms with van der Waals surface area (Å²) in [5, 5.41) is 11.9. The van der Waals surface area contributed by atoms with Gasteiger partial charge in [0.05, 0.1) is 5.92 Å². The molecule has 2 amide bonds. The highest BCUT2D eigenvalue weighted by Crippen LogP contribution is 2.44. The Bertz CT molecular complexity index is 1000. The molecule has 0 spiro atoms. The number of carboxylic acid groups (broad SMARTS) is 1. The number of carboxylic acids is 1. The highest BCUT2D eigenvalue weighted by atomic mass is 16.5. The summed E-state index contributed by atoms with van der Waals surface area (Å²) in [5.74, 6) is -1.60. The second-order valence-corrected chi connectivity index (χ2v) is 9.17. The van der Waals surface area contributed by atoms with E-state index in [2.05, 4.69) is 29.6 Å². The van der Waals surface area contributed by atoms with Gasteiger partial charge in [0.2, 0.25) is 5.91 Å². The molecule has 0 aromatic heterocycles. The van der Waals surface area contributed by atoms with Crippen molar-refractivity contribution in [1.82, 2.24) is 10.2 Å². The molecule has 7 heteroatoms. The van der Waals surface area contributed by atoms with Gasteiger partial charge in [0, 0.05) is 31.0 Å². The Kier molecular flexibility index (Phi) is 5.91. The van der Waals surface area contributed by atoms with Crippen LogP contribution in [-0.4, -0.2) is 53.2 Å². The third-order valence-corrected chi connectivity index (χ3v) is 6.27. The highest BCUT2D eigenvalue weighted by molar-refractivity contribution is 5.81. The fraction of sp³-hybridized carbons (Fsp3) is 0.400. The molecule has 7 nitrogen and oxygen atoms in total. The molecule has 32 heavy (non-hydrogen) atoms. The van der Waals surface area contributed by atoms with Crippen LogP contribution in [0.3, 0.4) is 0 Å². The van der Waals surface area contributed by atoms with Gasteiger partial charge in [0.15, 0.2) is 0 Å². The van der Waals surface area contributed by atoms with Crippen molar-refractivity contribution in [2.45, 2.75) is 38.1 Å². The third-order valence-electron chi connectivity index (χ3n) is 6.27. The van der Waals surface area contributed by atoms with Crippen LogP contribution in [-0.2, 0) is 14.3 Å². The molecule has 4 rings (SSSR count). The van der Waals surface area contributed by atoms with Crippen molar-refractivity contribution >= 4 is 18.0 Å². The van der Waals surface area contributed by atoms with Crippen LogP contribution in [0, 0.1) is 5.92 Å². The largest absolute Gasteiger partial charge is 0.481 e. The van der Waals surface area contributed by atoms with E-state index in [-0.39, 0.29) is 31.4 Å². The Morgan fingerprint density at radius 3 is 2.22 bits per heavy atom. The molecule has 0 saturated carbocycles. The number of likely N-dealkylation sites (tertiary alicyclic amines) is 1. The topological polar surface area (TPSA) is 95.9 Å². The number of benzene rings is 2. The molecule has 0 radical (unpaired) electrons. The summed E-state index contributed by atoms with van der Waals surface area (Å²) >= 11 is 0. The van der Waals surface area contributed by atoms with E-state index in [0.29, 0.717) is 13.0 Å². The Labute approximate surface area is 187 Å². The standard InChI is InChI=1S/C25H28N2O5/c1-25(2,13-22(28)27-12-11-16(14-27)23(29)30)26-24(31)32-15-21-19-9-5-3-7-17(19)18-8-4-6-10-20(18)21/h3-10,16,21H,11-15H2,1-2H3,(H,26,31)(H,29,30). The van der Waals surface area contributed by atoms with Gasteiger partial charge in [0.1, 0.15) is 6.61 Å². The number of nitrogens with one attached hydrogen (secondary N) is 1. The number of rotatable bonds is 6. The first kappa shape index (κ1) is 21.9. The number of carbonyl (C=O) groups excluding carboxylic acids is 2. The molecule has 1 heterocycles. The van der Waals surface area contributed by atoms with E-state index >= 15 is 0 Å². The Hall–Kier alpha value is -3.35. The van der Waals surface area contributed by atoms with E-state index in [0.717, 1.165) is 22.3 Å². The van der Waals surface area contributed by atoms with E-state index in [1.165, 1.54) is 0 Å². The molecular formula is C25H28N2O5. The number of carbonyl (C=O) groups is 3. The lowest BCUT2D eigenvalue weighted by molar-refractivity contribution is -0.141. The predicted molar refractivity (Wildman–Crippen MR) is 119 cm³/mol. The van der Waals surface area contributed by atoms with Gasteiger partial charge < -0.3 is 20.1 Å². The molecule has 1 aliphatic carbocycles. The lowest BCUT2D eigenvalue weighted by atomic mass is 9.98. The normalized spacial score (nSPS) is 17.6. The van der Waals surface area contributed by atoms with E-state index in [1.807, 2.05) is 24.3 Å². The fourth-order valence-corrected chi connectivity index (χ4v) is 4.63. The molecular weight excluding hydrogens is 408 g/mol. The highest BCUT2D eigenvalue weighted by Gasteiger charge is 2.34. The van der Waals surface area contributed by atoms with Crippen LogP contribution in [0.1, 0.15) is 43.7 Å². The predicted octanol–water partition coefficient (Wildman–Crippen LogP) is 3.63. The lowest BCUT2D eigenvalue weighted by Gasteiger charge is -2.28. The number of fused-ring (bicyclic) bond motifs is 3. The minimum absolute atomic E-state index is 0.0320. The first-order valence-electron chi connectivity index (χ1n) is 10.9. The smallest absolute Gasteiger partial charge is 0.407 e. The van der Waals surface area contributed by atoms with Crippen LogP contribution < -0.4 is 5.32 Å². The quantitative estimate of drug-likeness (QED) is 0.721. The van der Waals surface area contributed by atoms with Crippen LogP contribution in [0.4, 0.5) is 4.79 Å². The van der Waals surface area contributed by atoms with Gasteiger partial charge in [-0.1, -0.05) is 48.5 Å². The van der Waals surface area contributed by atoms with Gasteiger partial charge in [-0.25, -0.2) is 4.79 Å². The van der Waals surface area contributed by atoms with Crippen LogP contribution in [0.25, 0.3) is 11.1 Å². The second-order valence-electron chi connectivity index (χ2n) is 9.17. The monoisotopic (exact) mass is 436 g/mol. The van der Waals surface area contributed by atoms with Crippen molar-refractivity contribution in [1.29, 1.82) is 0 Å². The average Bonchev–Trinajstić information content (AvgIpc) is 3.36. The second kappa shape index (κ2) is 8.65. The molecule has 1 atom stereocenters. The first-order chi connectivity index (χ1) is 15.2. The summed E-state index contributed by atoms with van der Waals surface area (Å²) in [7, 11) is 0. The van der Waals surface area contributed by atoms with E-state index in [4.69, 9.17) is 9.84 Å². The van der Waals surface area contributed by atoms with Crippen LogP contribution >= 0.6 is 0 Å². The van der Waals surface area contributed by atoms with Gasteiger partial charge in [-0.2, -0.15) is 0 Å². The van der Waals surface area contributed by atoms with Crippen molar-refractivity contribution in [3.63, 3.8) is 0 Å². The number of ether oxygens (including phenoxy) is 1.